The van der Waals surface area contributed by atoms with Crippen molar-refractivity contribution in [2.75, 3.05) is 24.5 Å². The van der Waals surface area contributed by atoms with Crippen molar-refractivity contribution in [1.29, 1.82) is 0 Å². The SMILES string of the molecule is CCc1ccc(N2CC(C)OC(CN)C2)cc1. The second-order valence-electron chi connectivity index (χ2n) is 4.73. The van der Waals surface area contributed by atoms with Gasteiger partial charge >= 0.3 is 0 Å². The van der Waals surface area contributed by atoms with Crippen molar-refractivity contribution in [3.8, 4) is 0 Å². The molecule has 0 amide bonds. The van der Waals surface area contributed by atoms with Crippen molar-refractivity contribution in [2.24, 2.45) is 5.73 Å². The van der Waals surface area contributed by atoms with E-state index in [4.69, 9.17) is 10.5 Å². The lowest BCUT2D eigenvalue weighted by molar-refractivity contribution is -0.0104. The Kier molecular flexibility index (Phi) is 4.02. The maximum atomic E-state index is 5.77. The zero-order valence-corrected chi connectivity index (χ0v) is 10.7. The van der Waals surface area contributed by atoms with Crippen LogP contribution in [0, 0.1) is 0 Å². The average Bonchev–Trinajstić information content (AvgIpc) is 2.38. The van der Waals surface area contributed by atoms with Crippen molar-refractivity contribution in [3.05, 3.63) is 29.8 Å². The Balaban J connectivity index is 2.09. The lowest BCUT2D eigenvalue weighted by atomic mass is 10.1. The number of ether oxygens (including phenoxy) is 1. The lowest BCUT2D eigenvalue weighted by Crippen LogP contribution is -2.49. The highest BCUT2D eigenvalue weighted by molar-refractivity contribution is 5.48. The number of benzene rings is 1. The highest BCUT2D eigenvalue weighted by atomic mass is 16.5. The van der Waals surface area contributed by atoms with Gasteiger partial charge in [0.1, 0.15) is 0 Å². The molecule has 0 bridgehead atoms. The molecule has 2 unspecified atom stereocenters. The summed E-state index contributed by atoms with van der Waals surface area (Å²) in [5, 5.41) is 0. The molecule has 2 rings (SSSR count). The Morgan fingerprint density at radius 3 is 2.59 bits per heavy atom. The summed E-state index contributed by atoms with van der Waals surface area (Å²) in [5.41, 5.74) is 8.35. The first-order valence-corrected chi connectivity index (χ1v) is 6.42. The number of hydrogen-bond donors (Lipinski definition) is 1. The molecule has 1 saturated heterocycles. The summed E-state index contributed by atoms with van der Waals surface area (Å²) in [5.74, 6) is 0. The fraction of sp³-hybridized carbons (Fsp3) is 0.571. The van der Waals surface area contributed by atoms with E-state index < -0.39 is 0 Å². The van der Waals surface area contributed by atoms with E-state index in [1.54, 1.807) is 0 Å². The van der Waals surface area contributed by atoms with Crippen LogP contribution in [0.1, 0.15) is 19.4 Å². The Morgan fingerprint density at radius 1 is 1.29 bits per heavy atom. The van der Waals surface area contributed by atoms with Crippen LogP contribution in [0.4, 0.5) is 5.69 Å². The first kappa shape index (κ1) is 12.4. The number of anilines is 1. The van der Waals surface area contributed by atoms with Gasteiger partial charge in [-0.15, -0.1) is 0 Å². The van der Waals surface area contributed by atoms with E-state index in [1.807, 2.05) is 0 Å². The van der Waals surface area contributed by atoms with Crippen LogP contribution in [0.25, 0.3) is 0 Å². The fourth-order valence-electron chi connectivity index (χ4n) is 2.33. The van der Waals surface area contributed by atoms with Crippen molar-refractivity contribution >= 4 is 5.69 Å². The fourth-order valence-corrected chi connectivity index (χ4v) is 2.33. The molecule has 1 heterocycles. The van der Waals surface area contributed by atoms with E-state index in [-0.39, 0.29) is 12.2 Å². The summed E-state index contributed by atoms with van der Waals surface area (Å²) in [4.78, 5) is 2.37. The van der Waals surface area contributed by atoms with Gasteiger partial charge in [-0.2, -0.15) is 0 Å². The van der Waals surface area contributed by atoms with Crippen LogP contribution in [0.15, 0.2) is 24.3 Å². The van der Waals surface area contributed by atoms with Crippen molar-refractivity contribution < 1.29 is 4.74 Å². The molecule has 0 spiro atoms. The molecule has 2 atom stereocenters. The summed E-state index contributed by atoms with van der Waals surface area (Å²) in [7, 11) is 0. The maximum Gasteiger partial charge on any atom is 0.0876 e. The molecule has 94 valence electrons. The maximum absolute atomic E-state index is 5.77. The largest absolute Gasteiger partial charge is 0.370 e. The minimum atomic E-state index is 0.157. The smallest absolute Gasteiger partial charge is 0.0876 e. The van der Waals surface area contributed by atoms with Gasteiger partial charge in [0.15, 0.2) is 0 Å². The molecule has 0 radical (unpaired) electrons. The Morgan fingerprint density at radius 2 is 2.00 bits per heavy atom. The molecule has 0 aromatic heterocycles. The van der Waals surface area contributed by atoms with Crippen LogP contribution in [-0.2, 0) is 11.2 Å². The third-order valence-electron chi connectivity index (χ3n) is 3.30. The van der Waals surface area contributed by atoms with Gasteiger partial charge in [-0.25, -0.2) is 0 Å². The summed E-state index contributed by atoms with van der Waals surface area (Å²) >= 11 is 0. The van der Waals surface area contributed by atoms with E-state index >= 15 is 0 Å². The first-order chi connectivity index (χ1) is 8.22. The number of morpholine rings is 1. The molecule has 1 aromatic carbocycles. The van der Waals surface area contributed by atoms with Crippen LogP contribution >= 0.6 is 0 Å². The zero-order chi connectivity index (χ0) is 12.3. The molecule has 1 aromatic rings. The molecule has 3 nitrogen and oxygen atoms in total. The molecule has 2 N–H and O–H groups in total. The number of nitrogens with two attached hydrogens (primary N) is 1. The Hall–Kier alpha value is -1.06. The number of aryl methyl sites for hydroxylation is 1. The summed E-state index contributed by atoms with van der Waals surface area (Å²) in [6, 6.07) is 8.80. The van der Waals surface area contributed by atoms with Gasteiger partial charge in [0.2, 0.25) is 0 Å². The lowest BCUT2D eigenvalue weighted by Gasteiger charge is -2.37. The average molecular weight is 234 g/mol. The number of hydrogen-bond acceptors (Lipinski definition) is 3. The van der Waals surface area contributed by atoms with E-state index in [0.29, 0.717) is 6.54 Å². The van der Waals surface area contributed by atoms with Gasteiger partial charge in [0, 0.05) is 25.3 Å². The molecule has 0 saturated carbocycles. The summed E-state index contributed by atoms with van der Waals surface area (Å²) in [6.07, 6.45) is 1.50. The minimum absolute atomic E-state index is 0.157. The van der Waals surface area contributed by atoms with Crippen LogP contribution < -0.4 is 10.6 Å². The second kappa shape index (κ2) is 5.52. The van der Waals surface area contributed by atoms with Crippen molar-refractivity contribution in [2.45, 2.75) is 32.5 Å². The second-order valence-corrected chi connectivity index (χ2v) is 4.73. The predicted octanol–water partition coefficient (Wildman–Crippen LogP) is 1.80. The minimum Gasteiger partial charge on any atom is -0.370 e. The highest BCUT2D eigenvalue weighted by Gasteiger charge is 2.24. The van der Waals surface area contributed by atoms with Gasteiger partial charge in [0.25, 0.3) is 0 Å². The molecule has 3 heteroatoms. The normalized spacial score (nSPS) is 25.0. The van der Waals surface area contributed by atoms with Gasteiger partial charge in [-0.3, -0.25) is 0 Å². The topological polar surface area (TPSA) is 38.5 Å². The van der Waals surface area contributed by atoms with Gasteiger partial charge in [-0.05, 0) is 31.0 Å². The molecule has 1 fully saturated rings. The molecule has 17 heavy (non-hydrogen) atoms. The Labute approximate surface area is 104 Å². The van der Waals surface area contributed by atoms with Crippen LogP contribution in [0.2, 0.25) is 0 Å². The Bertz CT molecular complexity index is 350. The standard InChI is InChI=1S/C14H22N2O/c1-3-12-4-6-13(7-5-12)16-9-11(2)17-14(8-15)10-16/h4-7,11,14H,3,8-10,15H2,1-2H3. The highest BCUT2D eigenvalue weighted by Crippen LogP contribution is 2.20. The predicted molar refractivity (Wildman–Crippen MR) is 71.4 cm³/mol. The van der Waals surface area contributed by atoms with Crippen LogP contribution in [-0.4, -0.2) is 31.8 Å². The third kappa shape index (κ3) is 2.99. The van der Waals surface area contributed by atoms with Crippen LogP contribution in [0.5, 0.6) is 0 Å². The van der Waals surface area contributed by atoms with Crippen molar-refractivity contribution in [3.63, 3.8) is 0 Å². The molecular formula is C14H22N2O. The van der Waals surface area contributed by atoms with E-state index in [9.17, 15) is 0 Å². The number of nitrogens with zero attached hydrogens (tertiary/aromatic N) is 1. The molecule has 1 aliphatic heterocycles. The zero-order valence-electron chi connectivity index (χ0n) is 10.7. The quantitative estimate of drug-likeness (QED) is 0.866. The molecule has 0 aliphatic carbocycles. The first-order valence-electron chi connectivity index (χ1n) is 6.42. The van der Waals surface area contributed by atoms with E-state index in [1.165, 1.54) is 11.3 Å². The summed E-state index contributed by atoms with van der Waals surface area (Å²) < 4.78 is 5.77. The molecular weight excluding hydrogens is 212 g/mol. The van der Waals surface area contributed by atoms with Crippen molar-refractivity contribution in [1.82, 2.24) is 0 Å². The monoisotopic (exact) mass is 234 g/mol. The van der Waals surface area contributed by atoms with E-state index in [0.717, 1.165) is 19.5 Å². The van der Waals surface area contributed by atoms with Crippen LogP contribution in [0.3, 0.4) is 0 Å². The van der Waals surface area contributed by atoms with Gasteiger partial charge in [-0.1, -0.05) is 19.1 Å². The number of rotatable bonds is 3. The third-order valence-corrected chi connectivity index (χ3v) is 3.30. The van der Waals surface area contributed by atoms with Gasteiger partial charge in [0.05, 0.1) is 12.2 Å². The summed E-state index contributed by atoms with van der Waals surface area (Å²) in [6.45, 7) is 6.72. The van der Waals surface area contributed by atoms with E-state index in [2.05, 4.69) is 43.0 Å². The van der Waals surface area contributed by atoms with Gasteiger partial charge < -0.3 is 15.4 Å². The molecule has 1 aliphatic rings.